The first kappa shape index (κ1) is 12.9. The monoisotopic (exact) mass is 266 g/mol. The number of nitrogens with zero attached hydrogens (tertiary/aromatic N) is 2. The molecule has 96 valence electrons. The zero-order valence-electron chi connectivity index (χ0n) is 10.4. The maximum Gasteiger partial charge on any atom is 0.138 e. The molecule has 0 aliphatic heterocycles. The zero-order chi connectivity index (χ0) is 13.1. The molecule has 2 rings (SSSR count). The van der Waals surface area contributed by atoms with Crippen molar-refractivity contribution in [2.24, 2.45) is 7.05 Å². The van der Waals surface area contributed by atoms with Crippen LogP contribution < -0.4 is 4.74 Å². The molecule has 0 unspecified atom stereocenters. The van der Waals surface area contributed by atoms with Crippen LogP contribution in [0.3, 0.4) is 0 Å². The van der Waals surface area contributed by atoms with Gasteiger partial charge in [0.1, 0.15) is 12.4 Å². The van der Waals surface area contributed by atoms with Gasteiger partial charge in [0.15, 0.2) is 0 Å². The van der Waals surface area contributed by atoms with E-state index in [4.69, 9.17) is 21.4 Å². The van der Waals surface area contributed by atoms with E-state index >= 15 is 0 Å². The largest absolute Gasteiger partial charge is 0.486 e. The van der Waals surface area contributed by atoms with Crippen LogP contribution in [-0.4, -0.2) is 14.9 Å². The normalized spacial score (nSPS) is 10.7. The van der Waals surface area contributed by atoms with Gasteiger partial charge in [0.2, 0.25) is 0 Å². The zero-order valence-corrected chi connectivity index (χ0v) is 11.1. The van der Waals surface area contributed by atoms with Crippen LogP contribution in [0.5, 0.6) is 5.75 Å². The highest BCUT2D eigenvalue weighted by Crippen LogP contribution is 2.26. The van der Waals surface area contributed by atoms with Gasteiger partial charge in [-0.2, -0.15) is 5.10 Å². The van der Waals surface area contributed by atoms with Crippen LogP contribution in [0, 0.1) is 6.92 Å². The lowest BCUT2D eigenvalue weighted by Crippen LogP contribution is -2.03. The molecule has 0 atom stereocenters. The highest BCUT2D eigenvalue weighted by Gasteiger charge is 2.06. The maximum absolute atomic E-state index is 8.99. The third-order valence-electron chi connectivity index (χ3n) is 2.65. The van der Waals surface area contributed by atoms with Gasteiger partial charge < -0.3 is 9.84 Å². The summed E-state index contributed by atoms with van der Waals surface area (Å²) in [6.07, 6.45) is 0. The van der Waals surface area contributed by atoms with Crippen molar-refractivity contribution in [2.75, 3.05) is 0 Å². The van der Waals surface area contributed by atoms with Crippen molar-refractivity contribution in [3.8, 4) is 5.75 Å². The van der Waals surface area contributed by atoms with Gasteiger partial charge in [-0.15, -0.1) is 0 Å². The van der Waals surface area contributed by atoms with E-state index in [0.717, 1.165) is 17.0 Å². The Balaban J connectivity index is 2.08. The minimum Gasteiger partial charge on any atom is -0.486 e. The van der Waals surface area contributed by atoms with E-state index in [1.807, 2.05) is 20.0 Å². The van der Waals surface area contributed by atoms with Crippen LogP contribution >= 0.6 is 11.6 Å². The van der Waals surface area contributed by atoms with Crippen LogP contribution in [0.1, 0.15) is 17.0 Å². The van der Waals surface area contributed by atoms with Gasteiger partial charge in [-0.05, 0) is 30.7 Å². The Hall–Kier alpha value is -1.52. The summed E-state index contributed by atoms with van der Waals surface area (Å²) in [5, 5.41) is 13.7. The standard InChI is InChI=1S/C13H15ClN2O2/c1-9-5-11(16(2)15-9)8-18-13-4-3-10(7-17)6-12(13)14/h3-6,17H,7-8H2,1-2H3. The number of ether oxygens (including phenoxy) is 1. The van der Waals surface area contributed by atoms with E-state index in [-0.39, 0.29) is 6.61 Å². The molecule has 0 radical (unpaired) electrons. The van der Waals surface area contributed by atoms with Crippen molar-refractivity contribution in [3.05, 3.63) is 46.2 Å². The Morgan fingerprint density at radius 2 is 2.17 bits per heavy atom. The van der Waals surface area contributed by atoms with E-state index in [2.05, 4.69) is 5.10 Å². The summed E-state index contributed by atoms with van der Waals surface area (Å²) >= 11 is 6.06. The van der Waals surface area contributed by atoms with E-state index in [1.54, 1.807) is 22.9 Å². The summed E-state index contributed by atoms with van der Waals surface area (Å²) in [5.74, 6) is 0.604. The van der Waals surface area contributed by atoms with Crippen LogP contribution in [0.2, 0.25) is 5.02 Å². The highest BCUT2D eigenvalue weighted by molar-refractivity contribution is 6.32. The average molecular weight is 267 g/mol. The van der Waals surface area contributed by atoms with Gasteiger partial charge in [-0.3, -0.25) is 4.68 Å². The molecule has 0 fully saturated rings. The van der Waals surface area contributed by atoms with Crippen molar-refractivity contribution in [3.63, 3.8) is 0 Å². The first-order chi connectivity index (χ1) is 8.60. The van der Waals surface area contributed by atoms with Crippen molar-refractivity contribution < 1.29 is 9.84 Å². The quantitative estimate of drug-likeness (QED) is 0.925. The van der Waals surface area contributed by atoms with Crippen LogP contribution in [0.25, 0.3) is 0 Å². The number of aryl methyl sites for hydroxylation is 2. The molecule has 4 nitrogen and oxygen atoms in total. The lowest BCUT2D eigenvalue weighted by molar-refractivity contribution is 0.280. The SMILES string of the molecule is Cc1cc(COc2ccc(CO)cc2Cl)n(C)n1. The summed E-state index contributed by atoms with van der Waals surface area (Å²) in [5.41, 5.74) is 2.70. The Morgan fingerprint density at radius 1 is 1.39 bits per heavy atom. The topological polar surface area (TPSA) is 47.3 Å². The van der Waals surface area contributed by atoms with E-state index in [0.29, 0.717) is 17.4 Å². The third kappa shape index (κ3) is 2.83. The van der Waals surface area contributed by atoms with Gasteiger partial charge in [-0.1, -0.05) is 17.7 Å². The molecule has 2 aromatic rings. The Kier molecular flexibility index (Phi) is 3.89. The van der Waals surface area contributed by atoms with Gasteiger partial charge in [0.05, 0.1) is 23.0 Å². The molecular weight excluding hydrogens is 252 g/mol. The number of hydrogen-bond acceptors (Lipinski definition) is 3. The molecule has 0 bridgehead atoms. The first-order valence-corrected chi connectivity index (χ1v) is 5.99. The number of aliphatic hydroxyl groups is 1. The summed E-state index contributed by atoms with van der Waals surface area (Å²) in [6, 6.07) is 7.22. The lowest BCUT2D eigenvalue weighted by Gasteiger charge is -2.09. The maximum atomic E-state index is 8.99. The molecule has 0 aliphatic rings. The summed E-state index contributed by atoms with van der Waals surface area (Å²) in [4.78, 5) is 0. The Morgan fingerprint density at radius 3 is 2.72 bits per heavy atom. The molecular formula is C13H15ClN2O2. The summed E-state index contributed by atoms with van der Waals surface area (Å²) in [7, 11) is 1.88. The Bertz CT molecular complexity index is 552. The number of halogens is 1. The number of rotatable bonds is 4. The van der Waals surface area contributed by atoms with Gasteiger partial charge in [0.25, 0.3) is 0 Å². The molecule has 1 N–H and O–H groups in total. The van der Waals surface area contributed by atoms with Crippen LogP contribution in [0.4, 0.5) is 0 Å². The van der Waals surface area contributed by atoms with Crippen molar-refractivity contribution >= 4 is 11.6 Å². The van der Waals surface area contributed by atoms with Crippen LogP contribution in [-0.2, 0) is 20.3 Å². The molecule has 0 amide bonds. The number of aliphatic hydroxyl groups excluding tert-OH is 1. The smallest absolute Gasteiger partial charge is 0.138 e. The number of hydrogen-bond donors (Lipinski definition) is 1. The molecule has 0 aliphatic carbocycles. The predicted molar refractivity (Wildman–Crippen MR) is 69.7 cm³/mol. The first-order valence-electron chi connectivity index (χ1n) is 5.61. The predicted octanol–water partition coefficient (Wildman–Crippen LogP) is 2.45. The summed E-state index contributed by atoms with van der Waals surface area (Å²) in [6.45, 7) is 2.32. The lowest BCUT2D eigenvalue weighted by atomic mass is 10.2. The number of aromatic nitrogens is 2. The van der Waals surface area contributed by atoms with Gasteiger partial charge in [-0.25, -0.2) is 0 Å². The second-order valence-electron chi connectivity index (χ2n) is 4.11. The van der Waals surface area contributed by atoms with Crippen molar-refractivity contribution in [1.82, 2.24) is 9.78 Å². The Labute approximate surface area is 111 Å². The van der Waals surface area contributed by atoms with Gasteiger partial charge in [0, 0.05) is 7.05 Å². The van der Waals surface area contributed by atoms with Crippen molar-refractivity contribution in [2.45, 2.75) is 20.1 Å². The second-order valence-corrected chi connectivity index (χ2v) is 4.52. The fourth-order valence-corrected chi connectivity index (χ4v) is 1.97. The second kappa shape index (κ2) is 5.42. The van der Waals surface area contributed by atoms with E-state index in [9.17, 15) is 0 Å². The molecule has 0 saturated heterocycles. The van der Waals surface area contributed by atoms with E-state index in [1.165, 1.54) is 0 Å². The molecule has 18 heavy (non-hydrogen) atoms. The van der Waals surface area contributed by atoms with E-state index < -0.39 is 0 Å². The number of benzene rings is 1. The third-order valence-corrected chi connectivity index (χ3v) is 2.95. The minimum absolute atomic E-state index is 0.0269. The fourth-order valence-electron chi connectivity index (χ4n) is 1.71. The average Bonchev–Trinajstić information content (AvgIpc) is 2.66. The summed E-state index contributed by atoms with van der Waals surface area (Å²) < 4.78 is 7.43. The molecule has 0 spiro atoms. The molecule has 5 heteroatoms. The van der Waals surface area contributed by atoms with Gasteiger partial charge >= 0.3 is 0 Å². The fraction of sp³-hybridized carbons (Fsp3) is 0.308. The minimum atomic E-state index is -0.0269. The molecule has 0 saturated carbocycles. The highest BCUT2D eigenvalue weighted by atomic mass is 35.5. The van der Waals surface area contributed by atoms with Crippen LogP contribution in [0.15, 0.2) is 24.3 Å². The molecule has 1 aromatic heterocycles. The van der Waals surface area contributed by atoms with Crippen molar-refractivity contribution in [1.29, 1.82) is 0 Å². The molecule has 1 heterocycles. The molecule has 1 aromatic carbocycles.